The molecule has 2 aliphatic rings. The highest BCUT2D eigenvalue weighted by molar-refractivity contribution is 5.76. The third-order valence-electron chi connectivity index (χ3n) is 4.21. The van der Waals surface area contributed by atoms with Gasteiger partial charge in [0.25, 0.3) is 0 Å². The van der Waals surface area contributed by atoms with Crippen LogP contribution in [-0.2, 0) is 16.1 Å². The minimum atomic E-state index is -0.979. The van der Waals surface area contributed by atoms with Crippen LogP contribution in [0.2, 0.25) is 0 Å². The van der Waals surface area contributed by atoms with Crippen molar-refractivity contribution in [2.75, 3.05) is 20.3 Å². The van der Waals surface area contributed by atoms with Crippen molar-refractivity contribution in [2.24, 2.45) is 0 Å². The Balaban J connectivity index is 1.60. The van der Waals surface area contributed by atoms with Gasteiger partial charge in [0.2, 0.25) is 5.91 Å². The molecule has 2 N–H and O–H groups in total. The summed E-state index contributed by atoms with van der Waals surface area (Å²) in [7, 11) is 1.61. The van der Waals surface area contributed by atoms with Crippen molar-refractivity contribution in [3.8, 4) is 0 Å². The summed E-state index contributed by atoms with van der Waals surface area (Å²) in [5, 5.41) is 24.0. The molecule has 1 saturated heterocycles. The molecule has 7 heteroatoms. The first-order valence-corrected chi connectivity index (χ1v) is 7.29. The zero-order valence-corrected chi connectivity index (χ0v) is 12.1. The van der Waals surface area contributed by atoms with Gasteiger partial charge in [0.1, 0.15) is 18.8 Å². The number of hydrogen-bond acceptors (Lipinski definition) is 5. The molecule has 1 amide bonds. The maximum atomic E-state index is 12.3. The van der Waals surface area contributed by atoms with E-state index in [0.717, 1.165) is 5.69 Å². The Hall–Kier alpha value is -1.44. The van der Waals surface area contributed by atoms with Crippen molar-refractivity contribution in [2.45, 2.75) is 43.6 Å². The molecule has 116 valence electrons. The van der Waals surface area contributed by atoms with Gasteiger partial charge >= 0.3 is 0 Å². The molecule has 2 heterocycles. The molecule has 1 aliphatic heterocycles. The Labute approximate surface area is 123 Å². The number of carbonyl (C=O) groups is 1. The first kappa shape index (κ1) is 14.5. The second-order valence-corrected chi connectivity index (χ2v) is 5.88. The van der Waals surface area contributed by atoms with Gasteiger partial charge in [-0.15, -0.1) is 0 Å². The first-order chi connectivity index (χ1) is 10.1. The fraction of sp³-hybridized carbons (Fsp3) is 0.714. The smallest absolute Gasteiger partial charge is 0.244 e. The zero-order valence-electron chi connectivity index (χ0n) is 12.1. The monoisotopic (exact) mass is 295 g/mol. The standard InChI is InChI=1S/C14H21N3O4/c1-16(11-7-21-8-12(18)14(11)20)13(19)6-17-5-4-10(15-17)9-2-3-9/h4-5,9,11-12,14,18,20H,2-3,6-8H2,1H3/t11-,12-,14+/m1/s1. The van der Waals surface area contributed by atoms with Crippen molar-refractivity contribution < 1.29 is 19.7 Å². The predicted octanol–water partition coefficient (Wildman–Crippen LogP) is -0.660. The topological polar surface area (TPSA) is 87.8 Å². The van der Waals surface area contributed by atoms with Crippen molar-refractivity contribution in [1.82, 2.24) is 14.7 Å². The molecule has 0 spiro atoms. The second kappa shape index (κ2) is 5.75. The number of nitrogens with zero attached hydrogens (tertiary/aromatic N) is 3. The minimum Gasteiger partial charge on any atom is -0.388 e. The van der Waals surface area contributed by atoms with Gasteiger partial charge in [0, 0.05) is 19.2 Å². The maximum absolute atomic E-state index is 12.3. The quantitative estimate of drug-likeness (QED) is 0.770. The molecule has 0 radical (unpaired) electrons. The molecular formula is C14H21N3O4. The number of ether oxygens (including phenoxy) is 1. The van der Waals surface area contributed by atoms with E-state index in [2.05, 4.69) is 5.10 Å². The maximum Gasteiger partial charge on any atom is 0.244 e. The number of amides is 1. The Kier molecular flexibility index (Phi) is 3.97. The fourth-order valence-electron chi connectivity index (χ4n) is 2.60. The van der Waals surface area contributed by atoms with E-state index in [4.69, 9.17) is 4.74 Å². The molecule has 1 aliphatic carbocycles. The summed E-state index contributed by atoms with van der Waals surface area (Å²) >= 11 is 0. The molecule has 3 rings (SSSR count). The predicted molar refractivity (Wildman–Crippen MR) is 73.6 cm³/mol. The van der Waals surface area contributed by atoms with Crippen molar-refractivity contribution in [3.05, 3.63) is 18.0 Å². The van der Waals surface area contributed by atoms with Crippen molar-refractivity contribution >= 4 is 5.91 Å². The number of likely N-dealkylation sites (N-methyl/N-ethyl adjacent to an activating group) is 1. The van der Waals surface area contributed by atoms with Crippen LogP contribution in [0.25, 0.3) is 0 Å². The van der Waals surface area contributed by atoms with Crippen LogP contribution in [0.5, 0.6) is 0 Å². The molecule has 0 bridgehead atoms. The van der Waals surface area contributed by atoms with Gasteiger partial charge in [-0.05, 0) is 18.9 Å². The van der Waals surface area contributed by atoms with E-state index < -0.39 is 18.2 Å². The molecule has 0 aromatic carbocycles. The number of rotatable bonds is 4. The summed E-state index contributed by atoms with van der Waals surface area (Å²) in [6.45, 7) is 0.457. The summed E-state index contributed by atoms with van der Waals surface area (Å²) in [6, 6.07) is 1.42. The third kappa shape index (κ3) is 3.09. The van der Waals surface area contributed by atoms with Crippen molar-refractivity contribution in [1.29, 1.82) is 0 Å². The lowest BCUT2D eigenvalue weighted by atomic mass is 10.0. The van der Waals surface area contributed by atoms with Crippen LogP contribution in [-0.4, -0.2) is 69.3 Å². The number of carbonyl (C=O) groups excluding carboxylic acids is 1. The first-order valence-electron chi connectivity index (χ1n) is 7.29. The molecule has 2 fully saturated rings. The van der Waals surface area contributed by atoms with E-state index in [9.17, 15) is 15.0 Å². The van der Waals surface area contributed by atoms with Gasteiger partial charge in [0.15, 0.2) is 0 Å². The second-order valence-electron chi connectivity index (χ2n) is 5.88. The lowest BCUT2D eigenvalue weighted by Crippen LogP contribution is -2.56. The van der Waals surface area contributed by atoms with Gasteiger partial charge in [0.05, 0.1) is 24.9 Å². The highest BCUT2D eigenvalue weighted by Gasteiger charge is 2.36. The van der Waals surface area contributed by atoms with E-state index in [-0.39, 0.29) is 25.7 Å². The number of aromatic nitrogens is 2. The summed E-state index contributed by atoms with van der Waals surface area (Å²) in [5.74, 6) is 0.394. The highest BCUT2D eigenvalue weighted by atomic mass is 16.5. The molecule has 21 heavy (non-hydrogen) atoms. The lowest BCUT2D eigenvalue weighted by molar-refractivity contribution is -0.153. The van der Waals surface area contributed by atoms with E-state index >= 15 is 0 Å². The molecule has 1 aromatic rings. The van der Waals surface area contributed by atoms with Gasteiger partial charge in [-0.2, -0.15) is 5.10 Å². The molecule has 1 saturated carbocycles. The van der Waals surface area contributed by atoms with Crippen LogP contribution in [0, 0.1) is 0 Å². The van der Waals surface area contributed by atoms with Crippen LogP contribution in [0.1, 0.15) is 24.5 Å². The molecular weight excluding hydrogens is 274 g/mol. The lowest BCUT2D eigenvalue weighted by Gasteiger charge is -2.37. The largest absolute Gasteiger partial charge is 0.388 e. The Morgan fingerprint density at radius 2 is 2.24 bits per heavy atom. The Bertz CT molecular complexity index is 514. The van der Waals surface area contributed by atoms with E-state index in [1.54, 1.807) is 11.7 Å². The van der Waals surface area contributed by atoms with Gasteiger partial charge < -0.3 is 19.8 Å². The Morgan fingerprint density at radius 1 is 1.48 bits per heavy atom. The SMILES string of the molecule is CN(C(=O)Cn1ccc(C2CC2)n1)[C@@H]1COC[C@@H](O)[C@H]1O. The number of aliphatic hydroxyl groups excluding tert-OH is 2. The van der Waals surface area contributed by atoms with Crippen LogP contribution in [0.15, 0.2) is 12.3 Å². The van der Waals surface area contributed by atoms with Gasteiger partial charge in [-0.25, -0.2) is 0 Å². The van der Waals surface area contributed by atoms with E-state index in [1.807, 2.05) is 12.3 Å². The van der Waals surface area contributed by atoms with Crippen molar-refractivity contribution in [3.63, 3.8) is 0 Å². The van der Waals surface area contributed by atoms with Crippen LogP contribution >= 0.6 is 0 Å². The number of hydrogen-bond donors (Lipinski definition) is 2. The third-order valence-corrected chi connectivity index (χ3v) is 4.21. The Morgan fingerprint density at radius 3 is 2.95 bits per heavy atom. The zero-order chi connectivity index (χ0) is 15.0. The average Bonchev–Trinajstić information content (AvgIpc) is 3.22. The van der Waals surface area contributed by atoms with E-state index in [1.165, 1.54) is 17.7 Å². The van der Waals surface area contributed by atoms with E-state index in [0.29, 0.717) is 5.92 Å². The van der Waals surface area contributed by atoms with Gasteiger partial charge in [-0.3, -0.25) is 9.48 Å². The van der Waals surface area contributed by atoms with Gasteiger partial charge in [-0.1, -0.05) is 0 Å². The average molecular weight is 295 g/mol. The fourth-order valence-corrected chi connectivity index (χ4v) is 2.60. The molecule has 3 atom stereocenters. The van der Waals surface area contributed by atoms with Crippen LogP contribution < -0.4 is 0 Å². The molecule has 1 aromatic heterocycles. The molecule has 7 nitrogen and oxygen atoms in total. The van der Waals surface area contributed by atoms with Crippen LogP contribution in [0.3, 0.4) is 0 Å². The number of aliphatic hydroxyl groups is 2. The highest BCUT2D eigenvalue weighted by Crippen LogP contribution is 2.38. The molecule has 0 unspecified atom stereocenters. The minimum absolute atomic E-state index is 0.101. The normalized spacial score (nSPS) is 29.4. The summed E-state index contributed by atoms with van der Waals surface area (Å²) in [5.41, 5.74) is 1.04. The summed E-state index contributed by atoms with van der Waals surface area (Å²) < 4.78 is 6.83. The van der Waals surface area contributed by atoms with Crippen LogP contribution in [0.4, 0.5) is 0 Å². The summed E-state index contributed by atoms with van der Waals surface area (Å²) in [6.07, 6.45) is 2.22. The summed E-state index contributed by atoms with van der Waals surface area (Å²) in [4.78, 5) is 13.7.